The van der Waals surface area contributed by atoms with Crippen molar-refractivity contribution in [2.45, 2.75) is 26.1 Å². The predicted molar refractivity (Wildman–Crippen MR) is 73.6 cm³/mol. The van der Waals surface area contributed by atoms with Crippen LogP contribution >= 0.6 is 0 Å². The van der Waals surface area contributed by atoms with Crippen molar-refractivity contribution in [3.63, 3.8) is 0 Å². The molecule has 0 N–H and O–H groups in total. The van der Waals surface area contributed by atoms with Crippen molar-refractivity contribution < 1.29 is 9.53 Å². The average molecular weight is 290 g/mol. The van der Waals surface area contributed by atoms with Gasteiger partial charge >= 0.3 is 0 Å². The van der Waals surface area contributed by atoms with Crippen LogP contribution < -0.4 is 0 Å². The van der Waals surface area contributed by atoms with E-state index in [0.29, 0.717) is 25.4 Å². The molecule has 1 aliphatic heterocycles. The summed E-state index contributed by atoms with van der Waals surface area (Å²) >= 11 is 0. The zero-order valence-corrected chi connectivity index (χ0v) is 12.1. The van der Waals surface area contributed by atoms with Crippen LogP contribution in [0.4, 0.5) is 0 Å². The minimum atomic E-state index is -0.0318. The summed E-state index contributed by atoms with van der Waals surface area (Å²) in [6.45, 7) is 4.46. The van der Waals surface area contributed by atoms with Crippen molar-refractivity contribution in [3.8, 4) is 0 Å². The van der Waals surface area contributed by atoms with Gasteiger partial charge in [-0.05, 0) is 13.0 Å². The molecule has 0 unspecified atom stereocenters. The number of aromatic nitrogens is 5. The highest BCUT2D eigenvalue weighted by atomic mass is 16.5. The maximum Gasteiger partial charge on any atom is 0.274 e. The lowest BCUT2D eigenvalue weighted by atomic mass is 10.1. The summed E-state index contributed by atoms with van der Waals surface area (Å²) in [5.41, 5.74) is 1.29. The SMILES string of the molecule is CCn1ccc(C(=O)N2CC(n3cc(COC)nn3)C2)n1. The van der Waals surface area contributed by atoms with Crippen LogP contribution in [0.2, 0.25) is 0 Å². The van der Waals surface area contributed by atoms with E-state index in [1.54, 1.807) is 27.4 Å². The fraction of sp³-hybridized carbons (Fsp3) is 0.538. The minimum absolute atomic E-state index is 0.0318. The Morgan fingerprint density at radius 1 is 1.48 bits per heavy atom. The lowest BCUT2D eigenvalue weighted by Gasteiger charge is -2.38. The molecule has 1 aliphatic rings. The molecule has 0 aliphatic carbocycles. The lowest BCUT2D eigenvalue weighted by Crippen LogP contribution is -2.51. The van der Waals surface area contributed by atoms with Gasteiger partial charge < -0.3 is 9.64 Å². The van der Waals surface area contributed by atoms with Crippen LogP contribution in [0.1, 0.15) is 29.1 Å². The van der Waals surface area contributed by atoms with Gasteiger partial charge in [-0.1, -0.05) is 5.21 Å². The molecule has 3 rings (SSSR count). The van der Waals surface area contributed by atoms with Crippen LogP contribution in [0.5, 0.6) is 0 Å². The number of hydrogen-bond acceptors (Lipinski definition) is 5. The molecule has 112 valence electrons. The standard InChI is InChI=1S/C13H18N6O2/c1-3-18-5-4-12(15-18)13(20)17-7-11(8-17)19-6-10(9-21-2)14-16-19/h4-6,11H,3,7-9H2,1-2H3. The number of rotatable bonds is 5. The van der Waals surface area contributed by atoms with Crippen LogP contribution in [0.25, 0.3) is 0 Å². The fourth-order valence-corrected chi connectivity index (χ4v) is 2.31. The number of ether oxygens (including phenoxy) is 1. The van der Waals surface area contributed by atoms with Gasteiger partial charge in [0, 0.05) is 32.9 Å². The Morgan fingerprint density at radius 3 is 2.95 bits per heavy atom. The number of nitrogens with zero attached hydrogens (tertiary/aromatic N) is 6. The van der Waals surface area contributed by atoms with Crippen molar-refractivity contribution in [1.82, 2.24) is 29.7 Å². The third kappa shape index (κ3) is 2.66. The van der Waals surface area contributed by atoms with Gasteiger partial charge in [0.15, 0.2) is 0 Å². The van der Waals surface area contributed by atoms with Gasteiger partial charge in [0.2, 0.25) is 0 Å². The third-order valence-corrected chi connectivity index (χ3v) is 3.56. The van der Waals surface area contributed by atoms with E-state index in [-0.39, 0.29) is 11.9 Å². The first kappa shape index (κ1) is 13.7. The molecule has 0 radical (unpaired) electrons. The lowest BCUT2D eigenvalue weighted by molar-refractivity contribution is 0.0491. The van der Waals surface area contributed by atoms with E-state index in [4.69, 9.17) is 4.74 Å². The van der Waals surface area contributed by atoms with E-state index < -0.39 is 0 Å². The molecule has 0 bridgehead atoms. The van der Waals surface area contributed by atoms with Crippen molar-refractivity contribution in [2.24, 2.45) is 0 Å². The van der Waals surface area contributed by atoms with E-state index >= 15 is 0 Å². The van der Waals surface area contributed by atoms with E-state index in [9.17, 15) is 4.79 Å². The van der Waals surface area contributed by atoms with Crippen molar-refractivity contribution >= 4 is 5.91 Å². The number of aryl methyl sites for hydroxylation is 1. The Balaban J connectivity index is 1.58. The van der Waals surface area contributed by atoms with Crippen LogP contribution in [-0.4, -0.2) is 55.8 Å². The molecular weight excluding hydrogens is 272 g/mol. The quantitative estimate of drug-likeness (QED) is 0.793. The summed E-state index contributed by atoms with van der Waals surface area (Å²) in [6.07, 6.45) is 3.68. The molecule has 2 aromatic heterocycles. The molecule has 8 heteroatoms. The second-order valence-electron chi connectivity index (χ2n) is 5.04. The maximum absolute atomic E-state index is 12.2. The van der Waals surface area contributed by atoms with Crippen LogP contribution in [0.3, 0.4) is 0 Å². The molecule has 1 saturated heterocycles. The Morgan fingerprint density at radius 2 is 2.29 bits per heavy atom. The summed E-state index contributed by atoms with van der Waals surface area (Å²) in [4.78, 5) is 14.0. The summed E-state index contributed by atoms with van der Waals surface area (Å²) in [6, 6.07) is 1.94. The van der Waals surface area contributed by atoms with Crippen molar-refractivity contribution in [1.29, 1.82) is 0 Å². The molecule has 8 nitrogen and oxygen atoms in total. The summed E-state index contributed by atoms with van der Waals surface area (Å²) in [7, 11) is 1.62. The monoisotopic (exact) mass is 290 g/mol. The number of carbonyl (C=O) groups is 1. The summed E-state index contributed by atoms with van der Waals surface area (Å²) < 4.78 is 8.56. The second-order valence-corrected chi connectivity index (χ2v) is 5.04. The summed E-state index contributed by atoms with van der Waals surface area (Å²) in [5.74, 6) is -0.0318. The van der Waals surface area contributed by atoms with Crippen LogP contribution in [-0.2, 0) is 17.9 Å². The van der Waals surface area contributed by atoms with E-state index in [1.165, 1.54) is 0 Å². The Bertz CT molecular complexity index is 628. The van der Waals surface area contributed by atoms with Gasteiger partial charge in [0.05, 0.1) is 18.8 Å². The molecule has 1 fully saturated rings. The van der Waals surface area contributed by atoms with E-state index in [1.807, 2.05) is 19.3 Å². The highest BCUT2D eigenvalue weighted by Gasteiger charge is 2.34. The second kappa shape index (κ2) is 5.65. The van der Waals surface area contributed by atoms with Crippen molar-refractivity contribution in [2.75, 3.05) is 20.2 Å². The van der Waals surface area contributed by atoms with Gasteiger partial charge in [-0.15, -0.1) is 5.10 Å². The van der Waals surface area contributed by atoms with Crippen LogP contribution in [0.15, 0.2) is 18.5 Å². The first-order chi connectivity index (χ1) is 10.2. The van der Waals surface area contributed by atoms with Gasteiger partial charge in [-0.2, -0.15) is 5.10 Å². The number of carbonyl (C=O) groups excluding carboxylic acids is 1. The average Bonchev–Trinajstić information content (AvgIpc) is 3.06. The first-order valence-corrected chi connectivity index (χ1v) is 6.93. The number of methoxy groups -OCH3 is 1. The van der Waals surface area contributed by atoms with E-state index in [0.717, 1.165) is 12.2 Å². The molecule has 21 heavy (non-hydrogen) atoms. The van der Waals surface area contributed by atoms with Crippen LogP contribution in [0, 0.1) is 0 Å². The van der Waals surface area contributed by atoms with Gasteiger partial charge in [-0.3, -0.25) is 9.48 Å². The topological polar surface area (TPSA) is 78.1 Å². The Kier molecular flexibility index (Phi) is 3.70. The first-order valence-electron chi connectivity index (χ1n) is 6.93. The van der Waals surface area contributed by atoms with Gasteiger partial charge in [0.25, 0.3) is 5.91 Å². The third-order valence-electron chi connectivity index (χ3n) is 3.56. The van der Waals surface area contributed by atoms with Crippen molar-refractivity contribution in [3.05, 3.63) is 29.8 Å². The fourth-order valence-electron chi connectivity index (χ4n) is 2.31. The number of likely N-dealkylation sites (tertiary alicyclic amines) is 1. The molecule has 0 spiro atoms. The predicted octanol–water partition coefficient (Wildman–Crippen LogP) is 0.338. The zero-order valence-electron chi connectivity index (χ0n) is 12.1. The van der Waals surface area contributed by atoms with E-state index in [2.05, 4.69) is 15.4 Å². The zero-order chi connectivity index (χ0) is 14.8. The highest BCUT2D eigenvalue weighted by molar-refractivity contribution is 5.92. The molecular formula is C13H18N6O2. The van der Waals surface area contributed by atoms with Gasteiger partial charge in [-0.25, -0.2) is 4.68 Å². The van der Waals surface area contributed by atoms with Gasteiger partial charge in [0.1, 0.15) is 11.4 Å². The molecule has 0 saturated carbocycles. The molecule has 3 heterocycles. The largest absolute Gasteiger partial charge is 0.378 e. The normalized spacial score (nSPS) is 15.2. The highest BCUT2D eigenvalue weighted by Crippen LogP contribution is 2.22. The molecule has 0 aromatic carbocycles. The smallest absolute Gasteiger partial charge is 0.274 e. The maximum atomic E-state index is 12.2. The Labute approximate surface area is 122 Å². The minimum Gasteiger partial charge on any atom is -0.378 e. The molecule has 1 amide bonds. The molecule has 0 atom stereocenters. The Hall–Kier alpha value is -2.22. The number of hydrogen-bond donors (Lipinski definition) is 0. The molecule has 2 aromatic rings. The number of amides is 1. The summed E-state index contributed by atoms with van der Waals surface area (Å²) in [5, 5.41) is 12.3.